The van der Waals surface area contributed by atoms with Crippen molar-refractivity contribution < 1.29 is 12.8 Å². The topological polar surface area (TPSA) is 46.2 Å². The Hall–Kier alpha value is -0.940. The van der Waals surface area contributed by atoms with Gasteiger partial charge in [0, 0.05) is 6.04 Å². The molecule has 1 aromatic carbocycles. The van der Waals surface area contributed by atoms with Gasteiger partial charge in [-0.05, 0) is 37.1 Å². The molecule has 1 aliphatic heterocycles. The SMILES string of the molecule is CC1CNC(c2cccc(F)c2)C(C)S(=O)(=O)C1. The summed E-state index contributed by atoms with van der Waals surface area (Å²) in [7, 11) is -3.14. The zero-order valence-corrected chi connectivity index (χ0v) is 11.4. The quantitative estimate of drug-likeness (QED) is 0.848. The van der Waals surface area contributed by atoms with E-state index in [0.29, 0.717) is 12.1 Å². The number of halogens is 1. The first kappa shape index (κ1) is 13.5. The molecule has 0 aliphatic carbocycles. The molecule has 1 aliphatic rings. The van der Waals surface area contributed by atoms with Crippen LogP contribution in [0.4, 0.5) is 4.39 Å². The molecule has 1 heterocycles. The van der Waals surface area contributed by atoms with E-state index in [1.54, 1.807) is 19.1 Å². The van der Waals surface area contributed by atoms with Crippen LogP contribution in [0.2, 0.25) is 0 Å². The molecule has 0 saturated carbocycles. The first-order valence-corrected chi connectivity index (χ1v) is 7.82. The summed E-state index contributed by atoms with van der Waals surface area (Å²) in [4.78, 5) is 0. The maximum atomic E-state index is 13.2. The summed E-state index contributed by atoms with van der Waals surface area (Å²) >= 11 is 0. The van der Waals surface area contributed by atoms with Crippen molar-refractivity contribution in [2.24, 2.45) is 5.92 Å². The fourth-order valence-corrected chi connectivity index (χ4v) is 4.28. The lowest BCUT2D eigenvalue weighted by molar-refractivity contribution is 0.485. The van der Waals surface area contributed by atoms with E-state index in [4.69, 9.17) is 0 Å². The molecule has 1 fully saturated rings. The number of rotatable bonds is 1. The Bertz CT molecular complexity index is 530. The average Bonchev–Trinajstić information content (AvgIpc) is 2.37. The Labute approximate surface area is 107 Å². The summed E-state index contributed by atoms with van der Waals surface area (Å²) in [6.07, 6.45) is 0. The predicted octanol–water partition coefficient (Wildman–Crippen LogP) is 1.91. The second kappa shape index (κ2) is 4.97. The number of hydrogen-bond acceptors (Lipinski definition) is 3. The van der Waals surface area contributed by atoms with E-state index in [-0.39, 0.29) is 23.5 Å². The van der Waals surface area contributed by atoms with Gasteiger partial charge in [0.25, 0.3) is 0 Å². The van der Waals surface area contributed by atoms with Gasteiger partial charge in [0.05, 0.1) is 11.0 Å². The Kier molecular flexibility index (Phi) is 3.73. The molecule has 0 bridgehead atoms. The molecule has 1 aromatic rings. The van der Waals surface area contributed by atoms with Gasteiger partial charge in [-0.15, -0.1) is 0 Å². The molecular formula is C13H18FNO2S. The maximum Gasteiger partial charge on any atom is 0.155 e. The number of hydrogen-bond donors (Lipinski definition) is 1. The van der Waals surface area contributed by atoms with Gasteiger partial charge in [0.15, 0.2) is 9.84 Å². The zero-order chi connectivity index (χ0) is 13.3. The fourth-order valence-electron chi connectivity index (χ4n) is 2.40. The van der Waals surface area contributed by atoms with Gasteiger partial charge in [0.2, 0.25) is 0 Å². The lowest BCUT2D eigenvalue weighted by Gasteiger charge is -2.22. The van der Waals surface area contributed by atoms with E-state index in [0.717, 1.165) is 0 Å². The molecule has 3 unspecified atom stereocenters. The van der Waals surface area contributed by atoms with E-state index in [9.17, 15) is 12.8 Å². The molecule has 3 atom stereocenters. The smallest absolute Gasteiger partial charge is 0.155 e. The van der Waals surface area contributed by atoms with Crippen molar-refractivity contribution in [2.75, 3.05) is 12.3 Å². The van der Waals surface area contributed by atoms with Gasteiger partial charge in [-0.3, -0.25) is 0 Å². The lowest BCUT2D eigenvalue weighted by Crippen LogP contribution is -2.33. The first-order chi connectivity index (χ1) is 8.40. The fraction of sp³-hybridized carbons (Fsp3) is 0.538. The highest BCUT2D eigenvalue weighted by Crippen LogP contribution is 2.27. The summed E-state index contributed by atoms with van der Waals surface area (Å²) in [6.45, 7) is 4.23. The summed E-state index contributed by atoms with van der Waals surface area (Å²) in [5.41, 5.74) is 0.695. The molecule has 3 nitrogen and oxygen atoms in total. The molecule has 0 radical (unpaired) electrons. The number of benzene rings is 1. The van der Waals surface area contributed by atoms with Crippen LogP contribution >= 0.6 is 0 Å². The molecular weight excluding hydrogens is 253 g/mol. The lowest BCUT2D eigenvalue weighted by atomic mass is 10.0. The third-order valence-corrected chi connectivity index (χ3v) is 5.89. The van der Waals surface area contributed by atoms with Crippen LogP contribution in [0.3, 0.4) is 0 Å². The van der Waals surface area contributed by atoms with Crippen LogP contribution < -0.4 is 5.32 Å². The Morgan fingerprint density at radius 1 is 1.33 bits per heavy atom. The van der Waals surface area contributed by atoms with Crippen LogP contribution in [0.15, 0.2) is 24.3 Å². The van der Waals surface area contributed by atoms with Gasteiger partial charge in [0.1, 0.15) is 5.82 Å². The van der Waals surface area contributed by atoms with Crippen LogP contribution in [0.5, 0.6) is 0 Å². The predicted molar refractivity (Wildman–Crippen MR) is 69.6 cm³/mol. The Balaban J connectivity index is 2.37. The molecule has 100 valence electrons. The highest BCUT2D eigenvalue weighted by atomic mass is 32.2. The van der Waals surface area contributed by atoms with Crippen molar-refractivity contribution in [1.29, 1.82) is 0 Å². The maximum absolute atomic E-state index is 13.2. The van der Waals surface area contributed by atoms with Gasteiger partial charge in [-0.1, -0.05) is 19.1 Å². The molecule has 2 rings (SSSR count). The van der Waals surface area contributed by atoms with Crippen molar-refractivity contribution in [1.82, 2.24) is 5.32 Å². The largest absolute Gasteiger partial charge is 0.309 e. The van der Waals surface area contributed by atoms with E-state index in [2.05, 4.69) is 5.32 Å². The third-order valence-electron chi connectivity index (χ3n) is 3.45. The highest BCUT2D eigenvalue weighted by molar-refractivity contribution is 7.92. The van der Waals surface area contributed by atoms with E-state index in [1.165, 1.54) is 12.1 Å². The Morgan fingerprint density at radius 3 is 2.72 bits per heavy atom. The van der Waals surface area contributed by atoms with Gasteiger partial charge < -0.3 is 5.32 Å². The third kappa shape index (κ3) is 2.72. The minimum Gasteiger partial charge on any atom is -0.309 e. The minimum atomic E-state index is -3.14. The first-order valence-electron chi connectivity index (χ1n) is 6.10. The number of sulfone groups is 1. The second-order valence-corrected chi connectivity index (χ2v) is 7.48. The monoisotopic (exact) mass is 271 g/mol. The minimum absolute atomic E-state index is 0.0796. The molecule has 0 amide bonds. The molecule has 0 spiro atoms. The van der Waals surface area contributed by atoms with Crippen molar-refractivity contribution in [3.05, 3.63) is 35.6 Å². The van der Waals surface area contributed by atoms with Crippen LogP contribution in [0.1, 0.15) is 25.5 Å². The Morgan fingerprint density at radius 2 is 2.06 bits per heavy atom. The van der Waals surface area contributed by atoms with Crippen LogP contribution in [-0.2, 0) is 9.84 Å². The van der Waals surface area contributed by atoms with Crippen LogP contribution in [0, 0.1) is 11.7 Å². The molecule has 5 heteroatoms. The molecule has 1 saturated heterocycles. The van der Waals surface area contributed by atoms with Crippen molar-refractivity contribution >= 4 is 9.84 Å². The van der Waals surface area contributed by atoms with Gasteiger partial charge in [-0.2, -0.15) is 0 Å². The van der Waals surface area contributed by atoms with Crippen molar-refractivity contribution in [3.8, 4) is 0 Å². The van der Waals surface area contributed by atoms with Crippen molar-refractivity contribution in [2.45, 2.75) is 25.1 Å². The van der Waals surface area contributed by atoms with E-state index < -0.39 is 15.1 Å². The summed E-state index contributed by atoms with van der Waals surface area (Å²) in [5.74, 6) is -0.0697. The zero-order valence-electron chi connectivity index (χ0n) is 10.6. The molecule has 18 heavy (non-hydrogen) atoms. The highest BCUT2D eigenvalue weighted by Gasteiger charge is 2.34. The normalized spacial score (nSPS) is 31.8. The van der Waals surface area contributed by atoms with E-state index >= 15 is 0 Å². The van der Waals surface area contributed by atoms with Crippen LogP contribution in [0.25, 0.3) is 0 Å². The summed E-state index contributed by atoms with van der Waals surface area (Å²) in [6, 6.07) is 5.81. The summed E-state index contributed by atoms with van der Waals surface area (Å²) < 4.78 is 37.5. The standard InChI is InChI=1S/C13H18FNO2S/c1-9-7-15-13(10(2)18(16,17)8-9)11-4-3-5-12(14)6-11/h3-6,9-10,13,15H,7-8H2,1-2H3. The number of nitrogens with one attached hydrogen (secondary N) is 1. The van der Waals surface area contributed by atoms with Gasteiger partial charge >= 0.3 is 0 Å². The average molecular weight is 271 g/mol. The van der Waals surface area contributed by atoms with Crippen LogP contribution in [-0.4, -0.2) is 26.0 Å². The van der Waals surface area contributed by atoms with Crippen molar-refractivity contribution in [3.63, 3.8) is 0 Å². The van der Waals surface area contributed by atoms with E-state index in [1.807, 2.05) is 6.92 Å². The van der Waals surface area contributed by atoms with Gasteiger partial charge in [-0.25, -0.2) is 12.8 Å². The molecule has 0 aromatic heterocycles. The second-order valence-electron chi connectivity index (χ2n) is 5.08. The molecule has 1 N–H and O–H groups in total. The summed E-state index contributed by atoms with van der Waals surface area (Å²) in [5, 5.41) is 2.70.